The van der Waals surface area contributed by atoms with E-state index in [0.29, 0.717) is 0 Å². The van der Waals surface area contributed by atoms with Gasteiger partial charge in [-0.2, -0.15) is 0 Å². The van der Waals surface area contributed by atoms with E-state index in [1.165, 1.54) is 0 Å². The molecule has 1 rings (SSSR count). The summed E-state index contributed by atoms with van der Waals surface area (Å²) in [5.74, 6) is 1.49. The average molecular weight is 332 g/mol. The van der Waals surface area contributed by atoms with E-state index in [9.17, 15) is 0 Å². The van der Waals surface area contributed by atoms with Gasteiger partial charge in [-0.25, -0.2) is 0 Å². The smallest absolute Gasteiger partial charge is 0.141 e. The Bertz CT molecular complexity index is 435. The number of benzene rings is 1. The van der Waals surface area contributed by atoms with E-state index in [2.05, 4.69) is 21.2 Å². The lowest BCUT2D eigenvalue weighted by Gasteiger charge is -2.34. The molecule has 0 saturated carbocycles. The Hall–Kier alpha value is -0.780. The molecule has 0 heterocycles. The number of nitrogens with one attached hydrogen (secondary N) is 1. The van der Waals surface area contributed by atoms with Gasteiger partial charge in [-0.15, -0.1) is 0 Å². The Balaban J connectivity index is 3.36. The topological polar surface area (TPSA) is 39.7 Å². The van der Waals surface area contributed by atoms with Crippen molar-refractivity contribution < 1.29 is 14.2 Å². The van der Waals surface area contributed by atoms with Crippen LogP contribution in [0.3, 0.4) is 0 Å². The highest BCUT2D eigenvalue weighted by molar-refractivity contribution is 9.10. The first kappa shape index (κ1) is 16.3. The zero-order chi connectivity index (χ0) is 14.6. The third kappa shape index (κ3) is 3.22. The molecular weight excluding hydrogens is 310 g/mol. The first-order valence-corrected chi connectivity index (χ1v) is 6.85. The highest BCUT2D eigenvalue weighted by atomic mass is 79.9. The fourth-order valence-corrected chi connectivity index (χ4v) is 2.83. The van der Waals surface area contributed by atoms with E-state index in [-0.39, 0.29) is 11.6 Å². The summed E-state index contributed by atoms with van der Waals surface area (Å²) in [5, 5.41) is 3.28. The quantitative estimate of drug-likeness (QED) is 0.869. The Labute approximate surface area is 123 Å². The highest BCUT2D eigenvalue weighted by Crippen LogP contribution is 2.42. The van der Waals surface area contributed by atoms with Crippen molar-refractivity contribution in [2.45, 2.75) is 25.5 Å². The van der Waals surface area contributed by atoms with Crippen molar-refractivity contribution >= 4 is 15.9 Å². The Morgan fingerprint density at radius 2 is 1.79 bits per heavy atom. The molecule has 0 spiro atoms. The van der Waals surface area contributed by atoms with Gasteiger partial charge in [0.15, 0.2) is 0 Å². The van der Waals surface area contributed by atoms with Gasteiger partial charge >= 0.3 is 0 Å². The Morgan fingerprint density at radius 3 is 2.21 bits per heavy atom. The molecule has 0 bridgehead atoms. The molecule has 0 aromatic heterocycles. The molecule has 1 aromatic carbocycles. The minimum absolute atomic E-state index is 0.00495. The van der Waals surface area contributed by atoms with E-state index >= 15 is 0 Å². The van der Waals surface area contributed by atoms with Crippen molar-refractivity contribution in [3.05, 3.63) is 22.2 Å². The van der Waals surface area contributed by atoms with E-state index in [1.54, 1.807) is 21.3 Å². The van der Waals surface area contributed by atoms with Crippen molar-refractivity contribution in [2.24, 2.45) is 0 Å². The monoisotopic (exact) mass is 331 g/mol. The second kappa shape index (κ2) is 6.59. The molecule has 0 aliphatic rings. The maximum atomic E-state index is 5.58. The van der Waals surface area contributed by atoms with Crippen LogP contribution in [0.2, 0.25) is 0 Å². The molecule has 1 atom stereocenters. The maximum absolute atomic E-state index is 5.58. The van der Waals surface area contributed by atoms with Crippen LogP contribution in [-0.4, -0.2) is 34.0 Å². The summed E-state index contributed by atoms with van der Waals surface area (Å²) in [5.41, 5.74) is 0.653. The molecule has 0 aliphatic heterocycles. The molecule has 0 amide bonds. The van der Waals surface area contributed by atoms with Crippen LogP contribution >= 0.6 is 15.9 Å². The number of ether oxygens (including phenoxy) is 3. The molecule has 108 valence electrons. The van der Waals surface area contributed by atoms with Gasteiger partial charge in [0.25, 0.3) is 0 Å². The van der Waals surface area contributed by atoms with Crippen molar-refractivity contribution in [1.82, 2.24) is 5.32 Å². The van der Waals surface area contributed by atoms with Crippen LogP contribution in [0, 0.1) is 0 Å². The van der Waals surface area contributed by atoms with Crippen molar-refractivity contribution in [3.63, 3.8) is 0 Å². The zero-order valence-corrected chi connectivity index (χ0v) is 13.9. The van der Waals surface area contributed by atoms with Crippen LogP contribution in [0.5, 0.6) is 11.5 Å². The Kier molecular flexibility index (Phi) is 5.64. The van der Waals surface area contributed by atoms with Gasteiger partial charge in [-0.1, -0.05) is 0 Å². The van der Waals surface area contributed by atoms with Gasteiger partial charge in [-0.3, -0.25) is 0 Å². The summed E-state index contributed by atoms with van der Waals surface area (Å²) < 4.78 is 17.2. The summed E-state index contributed by atoms with van der Waals surface area (Å²) in [4.78, 5) is 0. The lowest BCUT2D eigenvalue weighted by atomic mass is 9.91. The lowest BCUT2D eigenvalue weighted by Crippen LogP contribution is -2.39. The lowest BCUT2D eigenvalue weighted by molar-refractivity contribution is -0.00960. The van der Waals surface area contributed by atoms with Gasteiger partial charge in [0, 0.05) is 12.7 Å². The van der Waals surface area contributed by atoms with E-state index in [1.807, 2.05) is 33.0 Å². The molecule has 0 saturated heterocycles. The average Bonchev–Trinajstić information content (AvgIpc) is 2.39. The van der Waals surface area contributed by atoms with E-state index < -0.39 is 0 Å². The third-order valence-electron chi connectivity index (χ3n) is 3.34. The molecule has 0 aliphatic carbocycles. The SMILES string of the molecule is CNC(c1ccc(OC)c(Br)c1OC)C(C)(C)OC. The highest BCUT2D eigenvalue weighted by Gasteiger charge is 2.32. The molecule has 1 N–H and O–H groups in total. The van der Waals surface area contributed by atoms with Gasteiger partial charge in [-0.05, 0) is 49.0 Å². The molecule has 4 nitrogen and oxygen atoms in total. The van der Waals surface area contributed by atoms with Crippen LogP contribution in [0.4, 0.5) is 0 Å². The van der Waals surface area contributed by atoms with E-state index in [4.69, 9.17) is 14.2 Å². The fourth-order valence-electron chi connectivity index (χ4n) is 2.14. The molecule has 1 unspecified atom stereocenters. The van der Waals surface area contributed by atoms with E-state index in [0.717, 1.165) is 21.5 Å². The van der Waals surface area contributed by atoms with Crippen molar-refractivity contribution in [1.29, 1.82) is 0 Å². The predicted octanol–water partition coefficient (Wildman–Crippen LogP) is 3.15. The second-order valence-corrected chi connectivity index (χ2v) is 5.53. The molecular formula is C14H22BrNO3. The first-order chi connectivity index (χ1) is 8.92. The van der Waals surface area contributed by atoms with Crippen LogP contribution in [0.25, 0.3) is 0 Å². The molecule has 1 aromatic rings. The third-order valence-corrected chi connectivity index (χ3v) is 4.09. The van der Waals surface area contributed by atoms with Crippen LogP contribution in [-0.2, 0) is 4.74 Å². The molecule has 19 heavy (non-hydrogen) atoms. The standard InChI is InChI=1S/C14H22BrNO3/c1-14(2,19-6)13(16-3)9-7-8-10(17-4)11(15)12(9)18-5/h7-8,13,16H,1-6H3. The predicted molar refractivity (Wildman–Crippen MR) is 80.1 cm³/mol. The van der Waals surface area contributed by atoms with Gasteiger partial charge in [0.2, 0.25) is 0 Å². The summed E-state index contributed by atoms with van der Waals surface area (Å²) in [7, 11) is 6.89. The molecule has 0 fully saturated rings. The Morgan fingerprint density at radius 1 is 1.16 bits per heavy atom. The number of halogens is 1. The normalized spacial score (nSPS) is 13.2. The summed E-state index contributed by atoms with van der Waals surface area (Å²) in [6.45, 7) is 4.07. The van der Waals surface area contributed by atoms with Crippen molar-refractivity contribution in [3.8, 4) is 11.5 Å². The number of likely N-dealkylation sites (N-methyl/N-ethyl adjacent to an activating group) is 1. The van der Waals surface area contributed by atoms with Gasteiger partial charge < -0.3 is 19.5 Å². The number of hydrogen-bond acceptors (Lipinski definition) is 4. The van der Waals surface area contributed by atoms with Crippen LogP contribution in [0.15, 0.2) is 16.6 Å². The van der Waals surface area contributed by atoms with Gasteiger partial charge in [0.1, 0.15) is 16.0 Å². The number of hydrogen-bond donors (Lipinski definition) is 1. The zero-order valence-electron chi connectivity index (χ0n) is 12.3. The summed E-state index contributed by atoms with van der Waals surface area (Å²) in [6, 6.07) is 3.90. The minimum atomic E-state index is -0.365. The van der Waals surface area contributed by atoms with Gasteiger partial charge in [0.05, 0.1) is 25.9 Å². The van der Waals surface area contributed by atoms with Crippen LogP contribution in [0.1, 0.15) is 25.5 Å². The summed E-state index contributed by atoms with van der Waals surface area (Å²) in [6.07, 6.45) is 0. The fraction of sp³-hybridized carbons (Fsp3) is 0.571. The summed E-state index contributed by atoms with van der Waals surface area (Å²) >= 11 is 3.52. The largest absolute Gasteiger partial charge is 0.495 e. The first-order valence-electron chi connectivity index (χ1n) is 6.05. The number of rotatable bonds is 6. The number of methoxy groups -OCH3 is 3. The minimum Gasteiger partial charge on any atom is -0.495 e. The van der Waals surface area contributed by atoms with Crippen LogP contribution < -0.4 is 14.8 Å². The molecule has 5 heteroatoms. The molecule has 0 radical (unpaired) electrons. The maximum Gasteiger partial charge on any atom is 0.141 e. The second-order valence-electron chi connectivity index (χ2n) is 4.73. The van der Waals surface area contributed by atoms with Crippen molar-refractivity contribution in [2.75, 3.05) is 28.4 Å².